The van der Waals surface area contributed by atoms with Gasteiger partial charge in [0, 0.05) is 58.6 Å². The van der Waals surface area contributed by atoms with E-state index in [2.05, 4.69) is 5.32 Å². The molecule has 0 saturated carbocycles. The summed E-state index contributed by atoms with van der Waals surface area (Å²) >= 11 is 0. The first-order valence-electron chi connectivity index (χ1n) is 21.8. The van der Waals surface area contributed by atoms with Gasteiger partial charge in [-0.3, -0.25) is 24.0 Å². The summed E-state index contributed by atoms with van der Waals surface area (Å²) in [6, 6.07) is -3.96. The number of allylic oxidation sites excluding steroid dienone is 3. The van der Waals surface area contributed by atoms with Gasteiger partial charge in [0.05, 0.1) is 31.5 Å². The van der Waals surface area contributed by atoms with Crippen molar-refractivity contribution in [1.29, 1.82) is 0 Å². The smallest absolute Gasteiger partial charge is 0.328 e. The van der Waals surface area contributed by atoms with Gasteiger partial charge in [-0.25, -0.2) is 4.79 Å². The Balaban J connectivity index is 1.47. The molecule has 0 spiro atoms. The van der Waals surface area contributed by atoms with Crippen molar-refractivity contribution in [3.05, 3.63) is 34.8 Å². The molecule has 6 aliphatic rings. The fourth-order valence-corrected chi connectivity index (χ4v) is 9.10. The highest BCUT2D eigenvalue weighted by Crippen LogP contribution is 2.36. The lowest BCUT2D eigenvalue weighted by atomic mass is 9.88. The zero-order chi connectivity index (χ0) is 44.0. The number of nitrogens with zero attached hydrogens (tertiary/aromatic N) is 4. The molecule has 16 heteroatoms. The van der Waals surface area contributed by atoms with E-state index in [9.17, 15) is 39.0 Å². The number of esters is 1. The predicted octanol–water partition coefficient (Wildman–Crippen LogP) is 2.63. The number of carbonyl (C=O) groups is 6. The van der Waals surface area contributed by atoms with Crippen LogP contribution in [0.3, 0.4) is 0 Å². The Labute approximate surface area is 354 Å². The summed E-state index contributed by atoms with van der Waals surface area (Å²) in [7, 11) is 4.59. The highest BCUT2D eigenvalue weighted by atomic mass is 16.6. The molecule has 9 atom stereocenters. The summed E-state index contributed by atoms with van der Waals surface area (Å²) in [5.41, 5.74) is 1.39. The van der Waals surface area contributed by atoms with Gasteiger partial charge >= 0.3 is 5.97 Å². The van der Waals surface area contributed by atoms with Gasteiger partial charge in [-0.2, -0.15) is 0 Å². The number of piperidine rings is 1. The van der Waals surface area contributed by atoms with Crippen LogP contribution in [0.1, 0.15) is 98.8 Å². The van der Waals surface area contributed by atoms with Gasteiger partial charge in [0.1, 0.15) is 29.9 Å². The van der Waals surface area contributed by atoms with Crippen LogP contribution in [0.15, 0.2) is 34.8 Å². The first-order chi connectivity index (χ1) is 28.5. The van der Waals surface area contributed by atoms with Gasteiger partial charge in [0.2, 0.25) is 35.8 Å². The standard InChI is InChI=1S/C44H67N5O11/c1-9-26(3)38-43(56)49-17-10-11-34(49)44(57)59-20-16-25(2)21-35(50)27(4)40(53)48-18-14-29(15-19-48)39(52)45-33(42(55)46(6)28(5)41(54)47(38)7)22-30-23-37(51)60-36-24-31(58-8)12-13-32(30)36/h23-29,33-35,37-38,50-51H,9-22H2,1-8H3,(H,45,52)/t25-,26+,27-,28-,33+,34+,35+,37?,38+/m1/s1. The van der Waals surface area contributed by atoms with Crippen molar-refractivity contribution in [2.75, 3.05) is 47.4 Å². The van der Waals surface area contributed by atoms with Crippen molar-refractivity contribution in [3.8, 4) is 0 Å². The fraction of sp³-hybridized carbons (Fsp3) is 0.727. The summed E-state index contributed by atoms with van der Waals surface area (Å²) < 4.78 is 16.8. The summed E-state index contributed by atoms with van der Waals surface area (Å²) in [4.78, 5) is 90.3. The highest BCUT2D eigenvalue weighted by molar-refractivity contribution is 5.95. The number of nitrogens with one attached hydrogen (secondary N) is 1. The summed E-state index contributed by atoms with van der Waals surface area (Å²) in [6.07, 6.45) is 5.09. The third-order valence-electron chi connectivity index (χ3n) is 13.4. The van der Waals surface area contributed by atoms with E-state index >= 15 is 0 Å². The lowest BCUT2D eigenvalue weighted by Crippen LogP contribution is -2.59. The SMILES string of the molecule is CC[C@H](C)[C@H]1C(=O)N2CCC[C@H]2C(=O)OCC[C@@H](C)C[C@H](O)[C@@H](C)C(=O)N2CCC(CC2)C(=O)N[C@@H](CC2=CC(O)OC3=C2CCC(OC)=C3)C(=O)N(C)[C@H](C)C(=O)N1C. The second-order valence-corrected chi connectivity index (χ2v) is 17.5. The van der Waals surface area contributed by atoms with Gasteiger partial charge < -0.3 is 49.3 Å². The Hall–Kier alpha value is -4.44. The number of rotatable bonds is 5. The van der Waals surface area contributed by atoms with E-state index in [0.717, 1.165) is 5.57 Å². The molecule has 5 heterocycles. The van der Waals surface area contributed by atoms with Gasteiger partial charge in [0.25, 0.3) is 0 Å². The van der Waals surface area contributed by atoms with Crippen LogP contribution in [-0.2, 0) is 43.0 Å². The maximum atomic E-state index is 14.6. The minimum Gasteiger partial charge on any atom is -0.501 e. The minimum atomic E-state index is -1.30. The van der Waals surface area contributed by atoms with E-state index in [1.807, 2.05) is 20.8 Å². The van der Waals surface area contributed by atoms with Crippen LogP contribution in [0.2, 0.25) is 0 Å². The average molecular weight is 842 g/mol. The third-order valence-corrected chi connectivity index (χ3v) is 13.4. The van der Waals surface area contributed by atoms with Gasteiger partial charge in [-0.05, 0) is 80.9 Å². The van der Waals surface area contributed by atoms with Crippen molar-refractivity contribution >= 4 is 35.5 Å². The van der Waals surface area contributed by atoms with Crippen LogP contribution >= 0.6 is 0 Å². The fourth-order valence-electron chi connectivity index (χ4n) is 9.10. The first-order valence-corrected chi connectivity index (χ1v) is 21.8. The number of aliphatic hydroxyl groups excluding tert-OH is 2. The second-order valence-electron chi connectivity index (χ2n) is 17.5. The molecule has 2 bridgehead atoms. The maximum absolute atomic E-state index is 14.6. The van der Waals surface area contributed by atoms with Gasteiger partial charge in [-0.1, -0.05) is 34.1 Å². The zero-order valence-corrected chi connectivity index (χ0v) is 36.7. The van der Waals surface area contributed by atoms with Crippen LogP contribution in [0.5, 0.6) is 0 Å². The number of hydrogen-bond acceptors (Lipinski definition) is 11. The van der Waals surface area contributed by atoms with Crippen LogP contribution in [-0.4, -0.2) is 149 Å². The molecule has 4 fully saturated rings. The van der Waals surface area contributed by atoms with E-state index in [-0.39, 0.29) is 42.6 Å². The lowest BCUT2D eigenvalue weighted by Gasteiger charge is -2.39. The third kappa shape index (κ3) is 10.5. The lowest BCUT2D eigenvalue weighted by molar-refractivity contribution is -0.158. The molecule has 16 nitrogen and oxygen atoms in total. The van der Waals surface area contributed by atoms with E-state index in [4.69, 9.17) is 14.2 Å². The average Bonchev–Trinajstić information content (AvgIpc) is 3.74. The van der Waals surface area contributed by atoms with Gasteiger partial charge in [0.15, 0.2) is 0 Å². The molecule has 1 unspecified atom stereocenters. The number of aliphatic hydroxyl groups is 2. The topological polar surface area (TPSA) is 196 Å². The van der Waals surface area contributed by atoms with Crippen LogP contribution in [0.25, 0.3) is 0 Å². The van der Waals surface area contributed by atoms with Crippen molar-refractivity contribution < 1.29 is 53.2 Å². The minimum absolute atomic E-state index is 0.00729. The molecule has 4 saturated heterocycles. The number of methoxy groups -OCH3 is 1. The Morgan fingerprint density at radius 3 is 2.27 bits per heavy atom. The normalized spacial score (nSPS) is 32.9. The van der Waals surface area contributed by atoms with E-state index < -0.39 is 66.2 Å². The quantitative estimate of drug-likeness (QED) is 0.272. The maximum Gasteiger partial charge on any atom is 0.328 e. The first kappa shape index (κ1) is 46.6. The number of hydrogen-bond donors (Lipinski definition) is 3. The molecule has 5 amide bonds. The van der Waals surface area contributed by atoms with Crippen molar-refractivity contribution in [2.24, 2.45) is 23.7 Å². The molecule has 3 N–H and O–H groups in total. The summed E-state index contributed by atoms with van der Waals surface area (Å²) in [5, 5.41) is 24.8. The molecule has 60 heavy (non-hydrogen) atoms. The van der Waals surface area contributed by atoms with E-state index in [0.29, 0.717) is 94.5 Å². The molecular weight excluding hydrogens is 775 g/mol. The monoisotopic (exact) mass is 841 g/mol. The summed E-state index contributed by atoms with van der Waals surface area (Å²) in [5.74, 6) is -2.98. The van der Waals surface area contributed by atoms with Crippen LogP contribution in [0.4, 0.5) is 0 Å². The molecule has 0 aromatic heterocycles. The summed E-state index contributed by atoms with van der Waals surface area (Å²) in [6.45, 7) is 10.0. The Morgan fingerprint density at radius 1 is 0.900 bits per heavy atom. The highest BCUT2D eigenvalue weighted by Gasteiger charge is 2.44. The second kappa shape index (κ2) is 20.4. The number of ether oxygens (including phenoxy) is 3. The molecule has 0 radical (unpaired) electrons. The molecule has 334 valence electrons. The molecule has 6 rings (SSSR count). The Kier molecular flexibility index (Phi) is 15.9. The number of amides is 5. The predicted molar refractivity (Wildman–Crippen MR) is 220 cm³/mol. The van der Waals surface area contributed by atoms with E-state index in [1.54, 1.807) is 39.0 Å². The number of fused-ring (bicyclic) bond motifs is 19. The van der Waals surface area contributed by atoms with Crippen molar-refractivity contribution in [1.82, 2.24) is 24.9 Å². The molecule has 0 aromatic carbocycles. The zero-order valence-electron chi connectivity index (χ0n) is 36.7. The van der Waals surface area contributed by atoms with E-state index in [1.165, 1.54) is 27.8 Å². The molecule has 0 aromatic rings. The van der Waals surface area contributed by atoms with Gasteiger partial charge in [-0.15, -0.1) is 0 Å². The Bertz CT molecular complexity index is 1720. The van der Waals surface area contributed by atoms with Crippen molar-refractivity contribution in [3.63, 3.8) is 0 Å². The van der Waals surface area contributed by atoms with Crippen LogP contribution < -0.4 is 5.32 Å². The van der Waals surface area contributed by atoms with Crippen LogP contribution in [0, 0.1) is 23.7 Å². The number of likely N-dealkylation sites (N-methyl/N-ethyl adjacent to an activating group) is 2. The number of carbonyl (C=O) groups excluding carboxylic acids is 6. The molecule has 5 aliphatic heterocycles. The van der Waals surface area contributed by atoms with Crippen molar-refractivity contribution in [2.45, 2.75) is 135 Å². The molecule has 1 aliphatic carbocycles. The largest absolute Gasteiger partial charge is 0.501 e. The Morgan fingerprint density at radius 2 is 1.60 bits per heavy atom. The molecular formula is C44H67N5O11.